The molecule has 3 nitrogen and oxygen atoms in total. The van der Waals surface area contributed by atoms with E-state index in [-0.39, 0.29) is 6.04 Å². The predicted octanol–water partition coefficient (Wildman–Crippen LogP) is 1.24. The summed E-state index contributed by atoms with van der Waals surface area (Å²) in [5.41, 5.74) is -0.403. The minimum absolute atomic E-state index is 0.221. The van der Waals surface area contributed by atoms with Crippen LogP contribution in [0.15, 0.2) is 0 Å². The third-order valence-corrected chi connectivity index (χ3v) is 3.74. The molecule has 2 N–H and O–H groups in total. The molecule has 0 aromatic carbocycles. The first-order valence-electron chi connectivity index (χ1n) is 5.11. The number of carbonyl (C=O) groups is 1. The van der Waals surface area contributed by atoms with Crippen molar-refractivity contribution in [1.82, 2.24) is 5.32 Å². The van der Waals surface area contributed by atoms with Gasteiger partial charge in [0.15, 0.2) is 0 Å². The largest absolute Gasteiger partial charge is 0.481 e. The normalized spacial score (nSPS) is 27.8. The van der Waals surface area contributed by atoms with E-state index in [1.807, 2.05) is 7.05 Å². The van der Waals surface area contributed by atoms with Crippen molar-refractivity contribution in [3.8, 4) is 0 Å². The van der Waals surface area contributed by atoms with Crippen molar-refractivity contribution in [3.63, 3.8) is 0 Å². The number of aliphatic carboxylic acids is 1. The molecule has 0 spiro atoms. The summed E-state index contributed by atoms with van der Waals surface area (Å²) >= 11 is 0. The second-order valence-corrected chi connectivity index (χ2v) is 4.42. The summed E-state index contributed by atoms with van der Waals surface area (Å²) in [5, 5.41) is 12.3. The van der Waals surface area contributed by atoms with Crippen LogP contribution in [0.2, 0.25) is 0 Å². The van der Waals surface area contributed by atoms with Crippen molar-refractivity contribution in [2.24, 2.45) is 11.3 Å². The number of nitrogens with one attached hydrogen (secondary N) is 1. The SMILES string of the molecule is CNC(C1CCC1)C1(C(=O)O)CC1. The van der Waals surface area contributed by atoms with Crippen LogP contribution in [0.4, 0.5) is 0 Å². The molecule has 3 heteroatoms. The topological polar surface area (TPSA) is 49.3 Å². The predicted molar refractivity (Wildman–Crippen MR) is 49.5 cm³/mol. The fourth-order valence-electron chi connectivity index (χ4n) is 2.53. The molecule has 2 aliphatic carbocycles. The highest BCUT2D eigenvalue weighted by Crippen LogP contribution is 2.53. The smallest absolute Gasteiger partial charge is 0.311 e. The van der Waals surface area contributed by atoms with E-state index in [1.54, 1.807) is 0 Å². The Hall–Kier alpha value is -0.570. The highest BCUT2D eigenvalue weighted by atomic mass is 16.4. The fraction of sp³-hybridized carbons (Fsp3) is 0.900. The van der Waals surface area contributed by atoms with Crippen LogP contribution in [0.5, 0.6) is 0 Å². The van der Waals surface area contributed by atoms with Crippen LogP contribution in [0, 0.1) is 11.3 Å². The third kappa shape index (κ3) is 1.26. The summed E-state index contributed by atoms with van der Waals surface area (Å²) in [7, 11) is 1.89. The van der Waals surface area contributed by atoms with Crippen molar-refractivity contribution in [2.45, 2.75) is 38.1 Å². The van der Waals surface area contributed by atoms with E-state index in [0.29, 0.717) is 5.92 Å². The van der Waals surface area contributed by atoms with Gasteiger partial charge in [0, 0.05) is 6.04 Å². The van der Waals surface area contributed by atoms with Gasteiger partial charge in [-0.05, 0) is 38.6 Å². The van der Waals surface area contributed by atoms with Gasteiger partial charge >= 0.3 is 5.97 Å². The van der Waals surface area contributed by atoms with Crippen molar-refractivity contribution in [1.29, 1.82) is 0 Å². The zero-order valence-corrected chi connectivity index (χ0v) is 8.05. The van der Waals surface area contributed by atoms with Crippen LogP contribution < -0.4 is 5.32 Å². The van der Waals surface area contributed by atoms with Crippen LogP contribution in [-0.2, 0) is 4.79 Å². The van der Waals surface area contributed by atoms with Crippen LogP contribution in [0.1, 0.15) is 32.1 Å². The lowest BCUT2D eigenvalue weighted by Gasteiger charge is -2.37. The molecule has 2 saturated carbocycles. The monoisotopic (exact) mass is 183 g/mol. The van der Waals surface area contributed by atoms with Crippen molar-refractivity contribution < 1.29 is 9.90 Å². The van der Waals surface area contributed by atoms with E-state index < -0.39 is 11.4 Å². The molecule has 0 aliphatic heterocycles. The van der Waals surface area contributed by atoms with Crippen LogP contribution in [-0.4, -0.2) is 24.2 Å². The average Bonchev–Trinajstić information content (AvgIpc) is 2.76. The Morgan fingerprint density at radius 2 is 2.15 bits per heavy atom. The molecule has 74 valence electrons. The van der Waals surface area contributed by atoms with E-state index in [2.05, 4.69) is 5.32 Å². The van der Waals surface area contributed by atoms with Crippen molar-refractivity contribution in [2.75, 3.05) is 7.05 Å². The van der Waals surface area contributed by atoms with Gasteiger partial charge in [-0.3, -0.25) is 4.79 Å². The minimum atomic E-state index is -0.598. The lowest BCUT2D eigenvalue weighted by atomic mass is 9.73. The molecule has 0 saturated heterocycles. The lowest BCUT2D eigenvalue weighted by molar-refractivity contribution is -0.145. The number of carboxylic acids is 1. The van der Waals surface area contributed by atoms with Gasteiger partial charge in [-0.25, -0.2) is 0 Å². The molecule has 0 amide bonds. The van der Waals surface area contributed by atoms with Gasteiger partial charge < -0.3 is 10.4 Å². The van der Waals surface area contributed by atoms with E-state index in [1.165, 1.54) is 19.3 Å². The second-order valence-electron chi connectivity index (χ2n) is 4.42. The summed E-state index contributed by atoms with van der Waals surface area (Å²) in [6.45, 7) is 0. The lowest BCUT2D eigenvalue weighted by Crippen LogP contribution is -2.47. The number of rotatable bonds is 4. The Bertz CT molecular complexity index is 219. The highest BCUT2D eigenvalue weighted by Gasteiger charge is 2.58. The minimum Gasteiger partial charge on any atom is -0.481 e. The average molecular weight is 183 g/mol. The van der Waals surface area contributed by atoms with Gasteiger partial charge in [0.2, 0.25) is 0 Å². The quantitative estimate of drug-likeness (QED) is 0.689. The second kappa shape index (κ2) is 2.98. The summed E-state index contributed by atoms with van der Waals surface area (Å²) in [5.74, 6) is 0.0161. The Morgan fingerprint density at radius 1 is 1.54 bits per heavy atom. The summed E-state index contributed by atoms with van der Waals surface area (Å²) in [4.78, 5) is 11.1. The standard InChI is InChI=1S/C10H17NO2/c1-11-8(7-3-2-4-7)10(5-6-10)9(12)13/h7-8,11H,2-6H2,1H3,(H,12,13). The summed E-state index contributed by atoms with van der Waals surface area (Å²) in [6, 6.07) is 0.221. The third-order valence-electron chi connectivity index (χ3n) is 3.74. The van der Waals surface area contributed by atoms with Gasteiger partial charge in [0.1, 0.15) is 0 Å². The highest BCUT2D eigenvalue weighted by molar-refractivity contribution is 5.79. The number of hydrogen-bond acceptors (Lipinski definition) is 2. The van der Waals surface area contributed by atoms with Crippen LogP contribution >= 0.6 is 0 Å². The molecule has 2 aliphatic rings. The molecule has 0 aromatic rings. The van der Waals surface area contributed by atoms with Gasteiger partial charge in [-0.2, -0.15) is 0 Å². The molecule has 1 atom stereocenters. The molecule has 0 heterocycles. The van der Waals surface area contributed by atoms with Gasteiger partial charge in [0.05, 0.1) is 5.41 Å². The molecular weight excluding hydrogens is 166 g/mol. The molecule has 2 rings (SSSR count). The zero-order valence-electron chi connectivity index (χ0n) is 8.05. The first-order chi connectivity index (χ1) is 6.20. The van der Waals surface area contributed by atoms with Crippen molar-refractivity contribution >= 4 is 5.97 Å². The zero-order chi connectivity index (χ0) is 9.47. The molecular formula is C10H17NO2. The van der Waals surface area contributed by atoms with Gasteiger partial charge in [-0.15, -0.1) is 0 Å². The molecule has 13 heavy (non-hydrogen) atoms. The van der Waals surface area contributed by atoms with E-state index in [4.69, 9.17) is 5.11 Å². The Morgan fingerprint density at radius 3 is 2.38 bits per heavy atom. The Labute approximate surface area is 78.5 Å². The maximum atomic E-state index is 11.1. The first kappa shape index (κ1) is 9.00. The maximum absolute atomic E-state index is 11.1. The number of hydrogen-bond donors (Lipinski definition) is 2. The van der Waals surface area contributed by atoms with E-state index >= 15 is 0 Å². The Balaban J connectivity index is 2.07. The molecule has 2 fully saturated rings. The van der Waals surface area contributed by atoms with Crippen LogP contribution in [0.3, 0.4) is 0 Å². The number of carboxylic acid groups (broad SMARTS) is 1. The van der Waals surface area contributed by atoms with E-state index in [0.717, 1.165) is 12.8 Å². The van der Waals surface area contributed by atoms with Gasteiger partial charge in [-0.1, -0.05) is 6.42 Å². The maximum Gasteiger partial charge on any atom is 0.311 e. The molecule has 1 unspecified atom stereocenters. The van der Waals surface area contributed by atoms with Gasteiger partial charge in [0.25, 0.3) is 0 Å². The fourth-order valence-corrected chi connectivity index (χ4v) is 2.53. The van der Waals surface area contributed by atoms with E-state index in [9.17, 15) is 4.79 Å². The van der Waals surface area contributed by atoms with Crippen LogP contribution in [0.25, 0.3) is 0 Å². The van der Waals surface area contributed by atoms with Crippen molar-refractivity contribution in [3.05, 3.63) is 0 Å². The Kier molecular flexibility index (Phi) is 2.06. The molecule has 0 bridgehead atoms. The molecule has 0 aromatic heterocycles. The first-order valence-corrected chi connectivity index (χ1v) is 5.11. The summed E-state index contributed by atoms with van der Waals surface area (Å²) in [6.07, 6.45) is 5.42. The summed E-state index contributed by atoms with van der Waals surface area (Å²) < 4.78 is 0. The molecule has 0 radical (unpaired) electrons.